The fraction of sp³-hybridized carbons (Fsp3) is 0.381. The third-order valence-corrected chi connectivity index (χ3v) is 15.4. The van der Waals surface area contributed by atoms with Crippen LogP contribution in [0.5, 0.6) is 23.0 Å². The maximum Gasteiger partial charge on any atom is 0.331 e. The van der Waals surface area contributed by atoms with Crippen LogP contribution in [-0.2, 0) is 19.5 Å². The van der Waals surface area contributed by atoms with Gasteiger partial charge in [0, 0.05) is 6.07 Å². The van der Waals surface area contributed by atoms with Gasteiger partial charge in [-0.2, -0.15) is 0 Å². The van der Waals surface area contributed by atoms with Gasteiger partial charge in [0.15, 0.2) is 26.0 Å². The highest BCUT2D eigenvalue weighted by molar-refractivity contribution is 6.74. The average molecular weight is 771 g/mol. The lowest BCUT2D eigenvalue weighted by Gasteiger charge is -2.40. The molecule has 0 radical (unpaired) electrons. The molecular formula is C42H50N2O10Si. The molecular weight excluding hydrogens is 721 g/mol. The van der Waals surface area contributed by atoms with Gasteiger partial charge in [-0.3, -0.25) is 14.3 Å². The number of ether oxygens (including phenoxy) is 6. The van der Waals surface area contributed by atoms with Crippen LogP contribution in [0, 0.1) is 0 Å². The minimum Gasteiger partial charge on any atom is -0.497 e. The molecule has 0 unspecified atom stereocenters. The molecule has 4 aromatic carbocycles. The van der Waals surface area contributed by atoms with Crippen LogP contribution in [0.1, 0.15) is 43.7 Å². The Kier molecular flexibility index (Phi) is 11.3. The number of nitrogens with one attached hydrogen (secondary N) is 1. The maximum absolute atomic E-state index is 13.9. The minimum absolute atomic E-state index is 0.130. The standard InChI is InChI=1S/C42H50N2O10Si/c1-41(2,3)55(8,9)54-37-36(45)35(53-39(37)44-32-24-34(51-7)33(50-6)23-31(32)38(46)43-40(44)47)25-52-42(26-13-11-10-12-14-26,27-15-19-29(48-4)20-16-27)28-17-21-30(49-5)22-18-28/h10-24,35-37,39,45H,25H2,1-9H3,(H,43,46,47)/t35-,36-,37+,39-/m1/s1. The number of aromatic nitrogens is 2. The molecule has 13 heteroatoms. The molecule has 1 fully saturated rings. The zero-order valence-electron chi connectivity index (χ0n) is 32.7. The molecule has 6 rings (SSSR count). The number of benzene rings is 4. The van der Waals surface area contributed by atoms with E-state index in [2.05, 4.69) is 38.8 Å². The number of hydrogen-bond acceptors (Lipinski definition) is 10. The Balaban J connectivity index is 1.50. The maximum atomic E-state index is 13.9. The van der Waals surface area contributed by atoms with Gasteiger partial charge in [0.1, 0.15) is 35.4 Å². The molecule has 55 heavy (non-hydrogen) atoms. The largest absolute Gasteiger partial charge is 0.497 e. The van der Waals surface area contributed by atoms with Gasteiger partial charge >= 0.3 is 5.69 Å². The van der Waals surface area contributed by atoms with Gasteiger partial charge in [0.25, 0.3) is 5.56 Å². The number of aliphatic hydroxyl groups is 1. The molecule has 292 valence electrons. The first-order valence-electron chi connectivity index (χ1n) is 18.1. The van der Waals surface area contributed by atoms with Crippen molar-refractivity contribution in [2.75, 3.05) is 35.0 Å². The zero-order valence-corrected chi connectivity index (χ0v) is 33.7. The van der Waals surface area contributed by atoms with Crippen molar-refractivity contribution in [3.05, 3.63) is 129 Å². The molecule has 12 nitrogen and oxygen atoms in total. The van der Waals surface area contributed by atoms with Crippen molar-refractivity contribution in [3.63, 3.8) is 0 Å². The predicted octanol–water partition coefficient (Wildman–Crippen LogP) is 6.38. The molecule has 0 aliphatic carbocycles. The predicted molar refractivity (Wildman–Crippen MR) is 212 cm³/mol. The smallest absolute Gasteiger partial charge is 0.331 e. The normalized spacial score (nSPS) is 19.0. The van der Waals surface area contributed by atoms with Crippen LogP contribution in [0.25, 0.3) is 10.9 Å². The van der Waals surface area contributed by atoms with Gasteiger partial charge in [0.05, 0.1) is 45.9 Å². The van der Waals surface area contributed by atoms with E-state index in [0.717, 1.165) is 16.7 Å². The van der Waals surface area contributed by atoms with Crippen LogP contribution in [0.4, 0.5) is 0 Å². The number of H-pyrrole nitrogens is 1. The van der Waals surface area contributed by atoms with E-state index in [1.54, 1.807) is 20.3 Å². The molecule has 0 saturated carbocycles. The second kappa shape index (κ2) is 15.7. The van der Waals surface area contributed by atoms with E-state index in [1.807, 2.05) is 78.9 Å². The SMILES string of the molecule is COc1ccc(C(OC[C@H]2O[C@@H](n3c(=O)[nH]c(=O)c4cc(OC)c(OC)cc43)[C@@H](O[Si](C)(C)C(C)(C)C)[C@@H]2O)(c2ccccc2)c2ccc(OC)cc2)cc1. The van der Waals surface area contributed by atoms with Crippen molar-refractivity contribution in [1.29, 1.82) is 0 Å². The van der Waals surface area contributed by atoms with Gasteiger partial charge in [-0.15, -0.1) is 0 Å². The van der Waals surface area contributed by atoms with Crippen LogP contribution in [0.2, 0.25) is 18.1 Å². The topological polar surface area (TPSA) is 140 Å². The lowest BCUT2D eigenvalue weighted by atomic mass is 9.80. The van der Waals surface area contributed by atoms with Crippen molar-refractivity contribution >= 4 is 19.2 Å². The summed E-state index contributed by atoms with van der Waals surface area (Å²) >= 11 is 0. The Bertz CT molecular complexity index is 2170. The molecule has 0 amide bonds. The second-order valence-electron chi connectivity index (χ2n) is 15.1. The van der Waals surface area contributed by atoms with E-state index >= 15 is 0 Å². The average Bonchev–Trinajstić information content (AvgIpc) is 3.47. The summed E-state index contributed by atoms with van der Waals surface area (Å²) in [5.41, 5.74) is 0.101. The molecule has 1 saturated heterocycles. The first kappa shape index (κ1) is 39.8. The summed E-state index contributed by atoms with van der Waals surface area (Å²) in [7, 11) is 3.54. The second-order valence-corrected chi connectivity index (χ2v) is 19.8. The first-order chi connectivity index (χ1) is 26.2. The quantitative estimate of drug-likeness (QED) is 0.102. The van der Waals surface area contributed by atoms with Crippen molar-refractivity contribution in [2.45, 2.75) is 69.0 Å². The molecule has 2 N–H and O–H groups in total. The van der Waals surface area contributed by atoms with Crippen molar-refractivity contribution in [3.8, 4) is 23.0 Å². The number of aromatic amines is 1. The third kappa shape index (κ3) is 7.42. The Hall–Kier alpha value is -4.92. The molecule has 1 aromatic heterocycles. The Morgan fingerprint density at radius 1 is 0.764 bits per heavy atom. The fourth-order valence-electron chi connectivity index (χ4n) is 6.83. The number of fused-ring (bicyclic) bond motifs is 1. The van der Waals surface area contributed by atoms with E-state index in [0.29, 0.717) is 23.0 Å². The summed E-state index contributed by atoms with van der Waals surface area (Å²) in [6.07, 6.45) is -4.44. The van der Waals surface area contributed by atoms with E-state index in [1.165, 1.54) is 24.9 Å². The fourth-order valence-corrected chi connectivity index (χ4v) is 8.12. The van der Waals surface area contributed by atoms with Gasteiger partial charge in [-0.1, -0.05) is 75.4 Å². The third-order valence-electron chi connectivity index (χ3n) is 10.9. The Morgan fingerprint density at radius 2 is 1.29 bits per heavy atom. The summed E-state index contributed by atoms with van der Waals surface area (Å²) < 4.78 is 44.1. The number of nitrogens with zero attached hydrogens (tertiary/aromatic N) is 1. The highest BCUT2D eigenvalue weighted by Crippen LogP contribution is 2.45. The van der Waals surface area contributed by atoms with Crippen LogP contribution < -0.4 is 30.2 Å². The summed E-state index contributed by atoms with van der Waals surface area (Å²) in [5, 5.41) is 12.2. The van der Waals surface area contributed by atoms with E-state index in [-0.39, 0.29) is 22.5 Å². The van der Waals surface area contributed by atoms with Crippen LogP contribution in [0.3, 0.4) is 0 Å². The van der Waals surface area contributed by atoms with Gasteiger partial charge in [-0.05, 0) is 65.2 Å². The monoisotopic (exact) mass is 770 g/mol. The summed E-state index contributed by atoms with van der Waals surface area (Å²) in [6.45, 7) is 10.3. The Labute approximate surface area is 321 Å². The first-order valence-corrected chi connectivity index (χ1v) is 21.0. The Morgan fingerprint density at radius 3 is 1.80 bits per heavy atom. The number of hydrogen-bond donors (Lipinski definition) is 2. The summed E-state index contributed by atoms with van der Waals surface area (Å²) in [6, 6.07) is 28.1. The molecule has 1 aliphatic rings. The van der Waals surface area contributed by atoms with Crippen LogP contribution in [-0.4, -0.2) is 76.3 Å². The van der Waals surface area contributed by atoms with Gasteiger partial charge < -0.3 is 38.0 Å². The molecule has 4 atom stereocenters. The molecule has 1 aliphatic heterocycles. The highest BCUT2D eigenvalue weighted by Gasteiger charge is 2.52. The zero-order chi connectivity index (χ0) is 39.7. The molecule has 0 spiro atoms. The van der Waals surface area contributed by atoms with Crippen molar-refractivity contribution < 1.29 is 38.0 Å². The number of methoxy groups -OCH3 is 4. The number of aliphatic hydroxyl groups excluding tert-OH is 1. The van der Waals surface area contributed by atoms with E-state index in [4.69, 9.17) is 32.8 Å². The van der Waals surface area contributed by atoms with Crippen LogP contribution in [0.15, 0.2) is 101 Å². The van der Waals surface area contributed by atoms with Crippen molar-refractivity contribution in [2.24, 2.45) is 0 Å². The van der Waals surface area contributed by atoms with Gasteiger partial charge in [0.2, 0.25) is 0 Å². The summed E-state index contributed by atoms with van der Waals surface area (Å²) in [4.78, 5) is 29.5. The van der Waals surface area contributed by atoms with Crippen molar-refractivity contribution in [1.82, 2.24) is 9.55 Å². The lowest BCUT2D eigenvalue weighted by Crippen LogP contribution is -2.50. The molecule has 5 aromatic rings. The minimum atomic E-state index is -2.62. The highest BCUT2D eigenvalue weighted by atomic mass is 28.4. The van der Waals surface area contributed by atoms with E-state index in [9.17, 15) is 14.7 Å². The molecule has 2 heterocycles. The lowest BCUT2D eigenvalue weighted by molar-refractivity contribution is -0.0947. The van der Waals surface area contributed by atoms with Gasteiger partial charge in [-0.25, -0.2) is 4.79 Å². The number of rotatable bonds is 13. The van der Waals surface area contributed by atoms with E-state index < -0.39 is 49.7 Å². The molecule has 0 bridgehead atoms. The summed E-state index contributed by atoms with van der Waals surface area (Å²) in [5.74, 6) is 1.97. The van der Waals surface area contributed by atoms with Crippen LogP contribution >= 0.6 is 0 Å².